The summed E-state index contributed by atoms with van der Waals surface area (Å²) in [5.74, 6) is -0.511. The quantitative estimate of drug-likeness (QED) is 0.763. The number of benzene rings is 1. The lowest BCUT2D eigenvalue weighted by atomic mass is 10.1. The highest BCUT2D eigenvalue weighted by Crippen LogP contribution is 2.37. The van der Waals surface area contributed by atoms with Gasteiger partial charge in [-0.2, -0.15) is 13.2 Å². The zero-order valence-corrected chi connectivity index (χ0v) is 15.5. The highest BCUT2D eigenvalue weighted by Gasteiger charge is 2.37. The van der Waals surface area contributed by atoms with Crippen molar-refractivity contribution in [3.63, 3.8) is 0 Å². The summed E-state index contributed by atoms with van der Waals surface area (Å²) in [6.07, 6.45) is -3.93. The molecule has 1 aliphatic rings. The fourth-order valence-corrected chi connectivity index (χ4v) is 3.71. The molecule has 26 heavy (non-hydrogen) atoms. The Bertz CT molecular complexity index is 745. The number of hydrogen-bond acceptors (Lipinski definition) is 4. The summed E-state index contributed by atoms with van der Waals surface area (Å²) in [6, 6.07) is 4.36. The standard InChI is InChI=1S/C16H22F3N3O3S/c1-3-20-8-10-21(11-9-20)15(23)12-22(26(2,24)25)14-7-5-4-6-13(14)16(17,18)19/h4-7H,3,8-12H2,1-2H3. The van der Waals surface area contributed by atoms with Gasteiger partial charge in [-0.15, -0.1) is 0 Å². The van der Waals surface area contributed by atoms with Crippen molar-refractivity contribution < 1.29 is 26.4 Å². The van der Waals surface area contributed by atoms with Gasteiger partial charge >= 0.3 is 6.18 Å². The van der Waals surface area contributed by atoms with Crippen molar-refractivity contribution in [1.29, 1.82) is 0 Å². The number of piperazine rings is 1. The van der Waals surface area contributed by atoms with Crippen LogP contribution in [0.15, 0.2) is 24.3 Å². The highest BCUT2D eigenvalue weighted by atomic mass is 32.2. The third-order valence-electron chi connectivity index (χ3n) is 4.33. The molecule has 6 nitrogen and oxygen atoms in total. The predicted octanol–water partition coefficient (Wildman–Crippen LogP) is 1.64. The summed E-state index contributed by atoms with van der Waals surface area (Å²) >= 11 is 0. The predicted molar refractivity (Wildman–Crippen MR) is 92.3 cm³/mol. The third kappa shape index (κ3) is 4.88. The van der Waals surface area contributed by atoms with Crippen LogP contribution >= 0.6 is 0 Å². The molecule has 0 atom stereocenters. The van der Waals surface area contributed by atoms with Gasteiger partial charge in [0.1, 0.15) is 6.54 Å². The second-order valence-electron chi connectivity index (χ2n) is 6.10. The van der Waals surface area contributed by atoms with Gasteiger partial charge in [0, 0.05) is 26.2 Å². The average molecular weight is 393 g/mol. The zero-order chi connectivity index (χ0) is 19.5. The van der Waals surface area contributed by atoms with E-state index in [9.17, 15) is 26.4 Å². The maximum Gasteiger partial charge on any atom is 0.418 e. The molecule has 10 heteroatoms. The topological polar surface area (TPSA) is 60.9 Å². The van der Waals surface area contributed by atoms with Gasteiger partial charge in [-0.05, 0) is 18.7 Å². The number of halogens is 3. The maximum absolute atomic E-state index is 13.2. The molecule has 1 aromatic rings. The highest BCUT2D eigenvalue weighted by molar-refractivity contribution is 7.92. The molecule has 1 fully saturated rings. The minimum atomic E-state index is -4.73. The number of carbonyl (C=O) groups excluding carboxylic acids is 1. The number of anilines is 1. The molecular formula is C16H22F3N3O3S. The molecule has 0 saturated carbocycles. The molecule has 0 aliphatic carbocycles. The molecule has 0 bridgehead atoms. The molecule has 0 radical (unpaired) electrons. The number of hydrogen-bond donors (Lipinski definition) is 0. The third-order valence-corrected chi connectivity index (χ3v) is 5.46. The molecule has 146 valence electrons. The van der Waals surface area contributed by atoms with E-state index in [0.717, 1.165) is 24.9 Å². The SMILES string of the molecule is CCN1CCN(C(=O)CN(c2ccccc2C(F)(F)F)S(C)(=O)=O)CC1. The molecule has 0 unspecified atom stereocenters. The number of para-hydroxylation sites is 1. The van der Waals surface area contributed by atoms with Gasteiger partial charge in [0.15, 0.2) is 0 Å². The zero-order valence-electron chi connectivity index (χ0n) is 14.7. The summed E-state index contributed by atoms with van der Waals surface area (Å²) in [6.45, 7) is 4.34. The van der Waals surface area contributed by atoms with Crippen LogP contribution in [-0.4, -0.2) is 69.6 Å². The fourth-order valence-electron chi connectivity index (χ4n) is 2.85. The number of likely N-dealkylation sites (N-methyl/N-ethyl adjacent to an activating group) is 1. The lowest BCUT2D eigenvalue weighted by molar-refractivity contribution is -0.137. The largest absolute Gasteiger partial charge is 0.418 e. The smallest absolute Gasteiger partial charge is 0.339 e. The summed E-state index contributed by atoms with van der Waals surface area (Å²) in [5.41, 5.74) is -1.63. The summed E-state index contributed by atoms with van der Waals surface area (Å²) < 4.78 is 64.5. The normalized spacial score (nSPS) is 16.6. The van der Waals surface area contributed by atoms with Crippen LogP contribution in [0.2, 0.25) is 0 Å². The van der Waals surface area contributed by atoms with Crippen LogP contribution < -0.4 is 4.31 Å². The van der Waals surface area contributed by atoms with E-state index >= 15 is 0 Å². The van der Waals surface area contributed by atoms with Crippen LogP contribution in [0.3, 0.4) is 0 Å². The first-order valence-electron chi connectivity index (χ1n) is 8.18. The Morgan fingerprint density at radius 2 is 1.73 bits per heavy atom. The minimum Gasteiger partial charge on any atom is -0.339 e. The van der Waals surface area contributed by atoms with Gasteiger partial charge in [-0.1, -0.05) is 19.1 Å². The van der Waals surface area contributed by atoms with Crippen LogP contribution in [-0.2, 0) is 21.0 Å². The van der Waals surface area contributed by atoms with Crippen molar-refractivity contribution in [2.45, 2.75) is 13.1 Å². The maximum atomic E-state index is 13.2. The van der Waals surface area contributed by atoms with E-state index in [-0.39, 0.29) is 0 Å². The van der Waals surface area contributed by atoms with Crippen LogP contribution in [0.5, 0.6) is 0 Å². The van der Waals surface area contributed by atoms with E-state index < -0.39 is 39.9 Å². The van der Waals surface area contributed by atoms with Crippen LogP contribution in [0.1, 0.15) is 12.5 Å². The van der Waals surface area contributed by atoms with E-state index in [1.807, 2.05) is 6.92 Å². The van der Waals surface area contributed by atoms with Crippen molar-refractivity contribution in [3.8, 4) is 0 Å². The number of alkyl halides is 3. The first-order chi connectivity index (χ1) is 12.0. The first-order valence-corrected chi connectivity index (χ1v) is 10.0. The molecule has 0 aromatic heterocycles. The van der Waals surface area contributed by atoms with Crippen molar-refractivity contribution in [2.24, 2.45) is 0 Å². The fraction of sp³-hybridized carbons (Fsp3) is 0.562. The molecule has 1 aliphatic heterocycles. The van der Waals surface area contributed by atoms with Gasteiger partial charge in [0.2, 0.25) is 15.9 Å². The number of carbonyl (C=O) groups is 1. The van der Waals surface area contributed by atoms with Gasteiger partial charge in [-0.3, -0.25) is 9.10 Å². The van der Waals surface area contributed by atoms with Gasteiger partial charge in [-0.25, -0.2) is 8.42 Å². The minimum absolute atomic E-state index is 0.422. The van der Waals surface area contributed by atoms with Crippen LogP contribution in [0.25, 0.3) is 0 Å². The Morgan fingerprint density at radius 3 is 2.23 bits per heavy atom. The Morgan fingerprint density at radius 1 is 1.15 bits per heavy atom. The molecular weight excluding hydrogens is 371 g/mol. The van der Waals surface area contributed by atoms with E-state index in [1.54, 1.807) is 0 Å². The number of sulfonamides is 1. The van der Waals surface area contributed by atoms with E-state index in [4.69, 9.17) is 0 Å². The van der Waals surface area contributed by atoms with Gasteiger partial charge in [0.05, 0.1) is 17.5 Å². The van der Waals surface area contributed by atoms with E-state index in [2.05, 4.69) is 4.90 Å². The van der Waals surface area contributed by atoms with Crippen LogP contribution in [0, 0.1) is 0 Å². The number of rotatable bonds is 5. The van der Waals surface area contributed by atoms with Crippen molar-refractivity contribution in [2.75, 3.05) is 49.8 Å². The molecule has 1 heterocycles. The Kier molecular flexibility index (Phi) is 6.17. The van der Waals surface area contributed by atoms with E-state index in [0.29, 0.717) is 30.5 Å². The Hall–Kier alpha value is -1.81. The van der Waals surface area contributed by atoms with Crippen molar-refractivity contribution >= 4 is 21.6 Å². The number of amides is 1. The molecule has 1 amide bonds. The van der Waals surface area contributed by atoms with Gasteiger partial charge in [0.25, 0.3) is 0 Å². The molecule has 1 aromatic carbocycles. The second-order valence-corrected chi connectivity index (χ2v) is 8.01. The lowest BCUT2D eigenvalue weighted by Gasteiger charge is -2.35. The second kappa shape index (κ2) is 7.83. The molecule has 1 saturated heterocycles. The molecule has 2 rings (SSSR count). The van der Waals surface area contributed by atoms with Gasteiger partial charge < -0.3 is 9.80 Å². The molecule has 0 N–H and O–H groups in total. The number of nitrogens with zero attached hydrogens (tertiary/aromatic N) is 3. The first kappa shape index (κ1) is 20.5. The lowest BCUT2D eigenvalue weighted by Crippen LogP contribution is -2.51. The Labute approximate surface area is 151 Å². The summed E-state index contributed by atoms with van der Waals surface area (Å²) in [4.78, 5) is 16.1. The summed E-state index contributed by atoms with van der Waals surface area (Å²) in [5, 5.41) is 0. The van der Waals surface area contributed by atoms with Crippen molar-refractivity contribution in [3.05, 3.63) is 29.8 Å². The van der Waals surface area contributed by atoms with Crippen molar-refractivity contribution in [1.82, 2.24) is 9.80 Å². The average Bonchev–Trinajstić information content (AvgIpc) is 2.57. The summed E-state index contributed by atoms with van der Waals surface area (Å²) in [7, 11) is -4.07. The van der Waals surface area contributed by atoms with Crippen LogP contribution in [0.4, 0.5) is 18.9 Å². The monoisotopic (exact) mass is 393 g/mol. The molecule has 0 spiro atoms. The Balaban J connectivity index is 2.27. The van der Waals surface area contributed by atoms with E-state index in [1.165, 1.54) is 17.0 Å².